The summed E-state index contributed by atoms with van der Waals surface area (Å²) in [5.74, 6) is 0.596. The molecule has 1 unspecified atom stereocenters. The van der Waals surface area contributed by atoms with Crippen molar-refractivity contribution in [3.63, 3.8) is 0 Å². The van der Waals surface area contributed by atoms with E-state index in [2.05, 4.69) is 9.97 Å². The average molecular weight is 454 g/mol. The lowest BCUT2D eigenvalue weighted by Gasteiger charge is -2.28. The molecule has 0 amide bonds. The van der Waals surface area contributed by atoms with Gasteiger partial charge in [0.05, 0.1) is 33.9 Å². The third-order valence-corrected chi connectivity index (χ3v) is 5.50. The molecule has 9 heteroatoms. The van der Waals surface area contributed by atoms with E-state index in [0.717, 1.165) is 17.3 Å². The smallest absolute Gasteiger partial charge is 0.417 e. The van der Waals surface area contributed by atoms with Crippen LogP contribution in [0.25, 0.3) is 0 Å². The molecule has 0 saturated carbocycles. The van der Waals surface area contributed by atoms with Gasteiger partial charge in [-0.25, -0.2) is 4.98 Å². The first-order valence-electron chi connectivity index (χ1n) is 9.15. The first kappa shape index (κ1) is 20.8. The van der Waals surface area contributed by atoms with E-state index in [1.807, 2.05) is 23.2 Å². The zero-order valence-corrected chi connectivity index (χ0v) is 17.0. The largest absolute Gasteiger partial charge is 0.449 e. The highest BCUT2D eigenvalue weighted by Crippen LogP contribution is 2.38. The molecule has 0 fully saturated rings. The SMILES string of the molecule is FC(F)(F)c1ccc(N2C=CC(c3ncc(Cc4ncco4)cc3Cl)CC2)cc1Cl. The van der Waals surface area contributed by atoms with Crippen molar-refractivity contribution in [3.05, 3.63) is 88.0 Å². The fourth-order valence-electron chi connectivity index (χ4n) is 3.38. The first-order valence-corrected chi connectivity index (χ1v) is 9.91. The Morgan fingerprint density at radius 3 is 2.57 bits per heavy atom. The molecule has 1 atom stereocenters. The number of oxazole rings is 1. The fraction of sp³-hybridized carbons (Fsp3) is 0.238. The minimum Gasteiger partial charge on any atom is -0.449 e. The number of hydrogen-bond acceptors (Lipinski definition) is 4. The van der Waals surface area contributed by atoms with Crippen molar-refractivity contribution in [3.8, 4) is 0 Å². The van der Waals surface area contributed by atoms with Gasteiger partial charge in [-0.15, -0.1) is 0 Å². The quantitative estimate of drug-likeness (QED) is 0.452. The summed E-state index contributed by atoms with van der Waals surface area (Å²) < 4.78 is 43.9. The summed E-state index contributed by atoms with van der Waals surface area (Å²) >= 11 is 12.3. The normalized spacial score (nSPS) is 16.8. The van der Waals surface area contributed by atoms with Crippen molar-refractivity contribution in [2.24, 2.45) is 0 Å². The Kier molecular flexibility index (Phi) is 5.75. The molecule has 0 bridgehead atoms. The van der Waals surface area contributed by atoms with Gasteiger partial charge in [0.25, 0.3) is 0 Å². The Morgan fingerprint density at radius 2 is 1.97 bits per heavy atom. The number of alkyl halides is 3. The first-order chi connectivity index (χ1) is 14.3. The molecular weight excluding hydrogens is 438 g/mol. The fourth-order valence-corrected chi connectivity index (χ4v) is 4.00. The minimum atomic E-state index is -4.47. The van der Waals surface area contributed by atoms with Gasteiger partial charge in [0.2, 0.25) is 0 Å². The maximum absolute atomic E-state index is 12.9. The molecular formula is C21H16Cl2F3N3O. The minimum absolute atomic E-state index is 0.00876. The Morgan fingerprint density at radius 1 is 1.13 bits per heavy atom. The Hall–Kier alpha value is -2.51. The summed E-state index contributed by atoms with van der Waals surface area (Å²) in [5.41, 5.74) is 1.41. The van der Waals surface area contributed by atoms with Crippen molar-refractivity contribution < 1.29 is 17.6 Å². The molecule has 2 aromatic heterocycles. The van der Waals surface area contributed by atoms with Gasteiger partial charge in [0, 0.05) is 30.5 Å². The summed E-state index contributed by atoms with van der Waals surface area (Å²) in [6, 6.07) is 5.60. The van der Waals surface area contributed by atoms with E-state index < -0.39 is 11.7 Å². The van der Waals surface area contributed by atoms with Crippen molar-refractivity contribution in [1.82, 2.24) is 9.97 Å². The van der Waals surface area contributed by atoms with E-state index in [9.17, 15) is 13.2 Å². The van der Waals surface area contributed by atoms with Crippen LogP contribution in [-0.2, 0) is 12.6 Å². The number of halogens is 5. The molecule has 0 spiro atoms. The summed E-state index contributed by atoms with van der Waals surface area (Å²) in [4.78, 5) is 10.5. The predicted molar refractivity (Wildman–Crippen MR) is 109 cm³/mol. The molecule has 0 radical (unpaired) electrons. The molecule has 4 rings (SSSR count). The molecule has 1 aromatic carbocycles. The van der Waals surface area contributed by atoms with Gasteiger partial charge >= 0.3 is 6.18 Å². The highest BCUT2D eigenvalue weighted by molar-refractivity contribution is 6.32. The van der Waals surface area contributed by atoms with Crippen LogP contribution in [-0.4, -0.2) is 16.5 Å². The number of hydrogen-bond donors (Lipinski definition) is 0. The molecule has 1 aliphatic heterocycles. The van der Waals surface area contributed by atoms with Gasteiger partial charge in [-0.3, -0.25) is 4.98 Å². The van der Waals surface area contributed by atoms with E-state index in [1.165, 1.54) is 18.4 Å². The van der Waals surface area contributed by atoms with E-state index >= 15 is 0 Å². The van der Waals surface area contributed by atoms with Gasteiger partial charge in [0.1, 0.15) is 6.26 Å². The van der Waals surface area contributed by atoms with Crippen LogP contribution in [0.5, 0.6) is 0 Å². The standard InChI is InChI=1S/C21H16Cl2F3N3O/c22-17-11-15(1-2-16(17)21(24,25)26)29-6-3-14(4-7-29)20-18(23)9-13(12-28-20)10-19-27-5-8-30-19/h1-3,5-6,8-9,11-12,14H,4,7,10H2. The number of pyridine rings is 1. The highest BCUT2D eigenvalue weighted by atomic mass is 35.5. The number of aromatic nitrogens is 2. The maximum atomic E-state index is 12.9. The number of allylic oxidation sites excluding steroid dienone is 1. The molecule has 156 valence electrons. The highest BCUT2D eigenvalue weighted by Gasteiger charge is 2.33. The van der Waals surface area contributed by atoms with Crippen molar-refractivity contribution in [1.29, 1.82) is 0 Å². The van der Waals surface area contributed by atoms with Crippen LogP contribution in [0.1, 0.15) is 35.1 Å². The van der Waals surface area contributed by atoms with Crippen molar-refractivity contribution >= 4 is 28.9 Å². The lowest BCUT2D eigenvalue weighted by Crippen LogP contribution is -2.24. The molecule has 3 aromatic rings. The molecule has 1 aliphatic rings. The lowest BCUT2D eigenvalue weighted by atomic mass is 9.97. The van der Waals surface area contributed by atoms with E-state index in [-0.39, 0.29) is 10.9 Å². The molecule has 3 heterocycles. The number of benzene rings is 1. The van der Waals surface area contributed by atoms with E-state index in [4.69, 9.17) is 27.6 Å². The molecule has 0 N–H and O–H groups in total. The zero-order chi connectivity index (χ0) is 21.3. The third kappa shape index (κ3) is 4.47. The Labute approximate surface area is 181 Å². The molecule has 30 heavy (non-hydrogen) atoms. The molecule has 4 nitrogen and oxygen atoms in total. The van der Waals surface area contributed by atoms with Gasteiger partial charge in [-0.2, -0.15) is 13.2 Å². The third-order valence-electron chi connectivity index (χ3n) is 4.89. The summed E-state index contributed by atoms with van der Waals surface area (Å²) in [7, 11) is 0. The summed E-state index contributed by atoms with van der Waals surface area (Å²) in [5, 5.41) is 0.238. The molecule has 0 aliphatic carbocycles. The van der Waals surface area contributed by atoms with E-state index in [0.29, 0.717) is 36.0 Å². The second-order valence-electron chi connectivity index (χ2n) is 6.91. The zero-order valence-electron chi connectivity index (χ0n) is 15.5. The van der Waals surface area contributed by atoms with Gasteiger partial charge < -0.3 is 9.32 Å². The van der Waals surface area contributed by atoms with Crippen molar-refractivity contribution in [2.75, 3.05) is 11.4 Å². The lowest BCUT2D eigenvalue weighted by molar-refractivity contribution is -0.137. The Bertz CT molecular complexity index is 1070. The number of nitrogens with zero attached hydrogens (tertiary/aromatic N) is 3. The molecule has 0 saturated heterocycles. The number of anilines is 1. The van der Waals surface area contributed by atoms with Crippen molar-refractivity contribution in [2.45, 2.75) is 24.9 Å². The second-order valence-corrected chi connectivity index (χ2v) is 7.72. The number of rotatable bonds is 4. The van der Waals surface area contributed by atoms with Crippen LogP contribution in [0.15, 0.2) is 59.6 Å². The Balaban J connectivity index is 1.48. The second kappa shape index (κ2) is 8.32. The van der Waals surface area contributed by atoms with Gasteiger partial charge in [-0.1, -0.05) is 29.3 Å². The van der Waals surface area contributed by atoms with Crippen LogP contribution in [0.4, 0.5) is 18.9 Å². The predicted octanol–water partition coefficient (Wildman–Crippen LogP) is 6.49. The van der Waals surface area contributed by atoms with Crippen LogP contribution in [0.3, 0.4) is 0 Å². The van der Waals surface area contributed by atoms with Crippen LogP contribution < -0.4 is 4.90 Å². The van der Waals surface area contributed by atoms with E-state index in [1.54, 1.807) is 12.4 Å². The van der Waals surface area contributed by atoms with Crippen LogP contribution >= 0.6 is 23.2 Å². The van der Waals surface area contributed by atoms with Gasteiger partial charge in [-0.05, 0) is 36.2 Å². The monoisotopic (exact) mass is 453 g/mol. The van der Waals surface area contributed by atoms with Crippen LogP contribution in [0, 0.1) is 0 Å². The van der Waals surface area contributed by atoms with Gasteiger partial charge in [0.15, 0.2) is 5.89 Å². The summed E-state index contributed by atoms with van der Waals surface area (Å²) in [6.07, 6.45) is 5.36. The van der Waals surface area contributed by atoms with Crippen LogP contribution in [0.2, 0.25) is 10.0 Å². The average Bonchev–Trinajstić information content (AvgIpc) is 3.20. The maximum Gasteiger partial charge on any atom is 0.417 e. The summed E-state index contributed by atoms with van der Waals surface area (Å²) in [6.45, 7) is 0.596. The topological polar surface area (TPSA) is 42.2 Å².